The average Bonchev–Trinajstić information content (AvgIpc) is 3.34. The quantitative estimate of drug-likeness (QED) is 0.0215. The highest BCUT2D eigenvalue weighted by molar-refractivity contribution is 5.80. The molecule has 1 fully saturated rings. The highest BCUT2D eigenvalue weighted by Gasteiger charge is 2.44. The normalized spacial score (nSPS) is 20.6. The van der Waals surface area contributed by atoms with Crippen molar-refractivity contribution in [2.24, 2.45) is 0 Å². The van der Waals surface area contributed by atoms with Crippen LogP contribution in [0.4, 0.5) is 0 Å². The molecular weight excluding hydrogens is 859 g/mol. The third kappa shape index (κ3) is 34.8. The topological polar surface area (TPSA) is 189 Å². The lowest BCUT2D eigenvalue weighted by Crippen LogP contribution is -2.60. The van der Waals surface area contributed by atoms with Crippen LogP contribution in [-0.2, 0) is 14.3 Å². The van der Waals surface area contributed by atoms with Crippen molar-refractivity contribution in [3.05, 3.63) is 24.3 Å². The van der Waals surface area contributed by atoms with Crippen LogP contribution in [0.25, 0.3) is 0 Å². The summed E-state index contributed by atoms with van der Waals surface area (Å²) in [6, 6.07) is -1.18. The van der Waals surface area contributed by atoms with E-state index in [0.29, 0.717) is 12.8 Å². The van der Waals surface area contributed by atoms with Crippen LogP contribution in [0.5, 0.6) is 0 Å². The van der Waals surface area contributed by atoms with Gasteiger partial charge >= 0.3 is 0 Å². The van der Waals surface area contributed by atoms with Gasteiger partial charge in [-0.25, -0.2) is 0 Å². The third-order valence-corrected chi connectivity index (χ3v) is 14.0. The molecule has 0 saturated carbocycles. The summed E-state index contributed by atoms with van der Waals surface area (Å²) in [5, 5.41) is 76.0. The van der Waals surface area contributed by atoms with Gasteiger partial charge in [-0.3, -0.25) is 4.79 Å². The van der Waals surface area contributed by atoms with Crippen molar-refractivity contribution < 1.29 is 50.0 Å². The second-order valence-corrected chi connectivity index (χ2v) is 20.4. The van der Waals surface area contributed by atoms with E-state index in [1.165, 1.54) is 186 Å². The molecule has 1 heterocycles. The number of unbranched alkanes of at least 4 members (excludes halogenated alkanes) is 33. The molecule has 0 radical (unpaired) electrons. The fourth-order valence-corrected chi connectivity index (χ4v) is 9.26. The smallest absolute Gasteiger partial charge is 0.249 e. The monoisotopic (exact) mass is 968 g/mol. The van der Waals surface area contributed by atoms with Crippen LogP contribution in [-0.4, -0.2) is 110 Å². The fourth-order valence-electron chi connectivity index (χ4n) is 9.26. The van der Waals surface area contributed by atoms with E-state index in [2.05, 4.69) is 43.5 Å². The first kappa shape index (κ1) is 64.6. The number of ether oxygens (including phenoxy) is 2. The number of aliphatic hydroxyl groups excluding tert-OH is 7. The molecule has 11 nitrogen and oxygen atoms in total. The number of allylic oxidation sites excluding steroid dienone is 4. The van der Waals surface area contributed by atoms with Crippen molar-refractivity contribution in [2.45, 2.75) is 319 Å². The summed E-state index contributed by atoms with van der Waals surface area (Å²) < 4.78 is 11.1. The SMILES string of the molecule is CCCCCCCCCCCCC/C=C/CCCC(O)C(O)C(COC1OC(CO)C(O)C(O)C1O)NC(=O)C(O)CCCCCCCCCCC/C=C\CCCCCCCCCCCCCC. The Morgan fingerprint density at radius 2 is 0.868 bits per heavy atom. The van der Waals surface area contributed by atoms with Gasteiger partial charge in [-0.2, -0.15) is 0 Å². The Hall–Kier alpha value is -1.41. The molecule has 1 saturated heterocycles. The van der Waals surface area contributed by atoms with Crippen molar-refractivity contribution >= 4 is 5.91 Å². The molecule has 0 aromatic heterocycles. The highest BCUT2D eigenvalue weighted by Crippen LogP contribution is 2.23. The molecule has 402 valence electrons. The summed E-state index contributed by atoms with van der Waals surface area (Å²) in [5.41, 5.74) is 0. The number of rotatable bonds is 49. The van der Waals surface area contributed by atoms with Gasteiger partial charge < -0.3 is 50.5 Å². The molecule has 68 heavy (non-hydrogen) atoms. The third-order valence-electron chi connectivity index (χ3n) is 14.0. The Balaban J connectivity index is 2.31. The summed E-state index contributed by atoms with van der Waals surface area (Å²) in [6.45, 7) is 3.46. The number of carbonyl (C=O) groups is 1. The van der Waals surface area contributed by atoms with Crippen LogP contribution in [0.15, 0.2) is 24.3 Å². The van der Waals surface area contributed by atoms with Gasteiger partial charge in [0.25, 0.3) is 0 Å². The zero-order valence-corrected chi connectivity index (χ0v) is 43.9. The first-order valence-electron chi connectivity index (χ1n) is 28.7. The average molecular weight is 968 g/mol. The molecule has 1 rings (SSSR count). The Bertz CT molecular complexity index is 1160. The molecule has 8 N–H and O–H groups in total. The van der Waals surface area contributed by atoms with Crippen LogP contribution in [0.2, 0.25) is 0 Å². The van der Waals surface area contributed by atoms with E-state index in [9.17, 15) is 40.5 Å². The van der Waals surface area contributed by atoms with Crippen LogP contribution in [0, 0.1) is 0 Å². The molecule has 1 aliphatic heterocycles. The molecule has 0 spiro atoms. The molecule has 1 amide bonds. The zero-order valence-electron chi connectivity index (χ0n) is 43.9. The molecule has 9 unspecified atom stereocenters. The zero-order chi connectivity index (χ0) is 49.7. The molecule has 0 aliphatic carbocycles. The van der Waals surface area contributed by atoms with Crippen LogP contribution in [0.1, 0.15) is 264 Å². The van der Waals surface area contributed by atoms with E-state index in [1.54, 1.807) is 0 Å². The summed E-state index contributed by atoms with van der Waals surface area (Å²) >= 11 is 0. The first-order chi connectivity index (χ1) is 33.2. The summed E-state index contributed by atoms with van der Waals surface area (Å²) in [5.74, 6) is -0.705. The predicted octanol–water partition coefficient (Wildman–Crippen LogP) is 11.7. The lowest BCUT2D eigenvalue weighted by molar-refractivity contribution is -0.303. The van der Waals surface area contributed by atoms with Gasteiger partial charge in [0, 0.05) is 0 Å². The van der Waals surface area contributed by atoms with E-state index in [-0.39, 0.29) is 12.8 Å². The van der Waals surface area contributed by atoms with Crippen molar-refractivity contribution in [3.63, 3.8) is 0 Å². The van der Waals surface area contributed by atoms with Gasteiger partial charge in [-0.15, -0.1) is 0 Å². The summed E-state index contributed by atoms with van der Waals surface area (Å²) in [7, 11) is 0. The lowest BCUT2D eigenvalue weighted by Gasteiger charge is -2.40. The largest absolute Gasteiger partial charge is 0.394 e. The summed E-state index contributed by atoms with van der Waals surface area (Å²) in [6.07, 6.45) is 43.8. The number of aliphatic hydroxyl groups is 7. The Labute approximate surface area is 416 Å². The maximum Gasteiger partial charge on any atom is 0.249 e. The van der Waals surface area contributed by atoms with Crippen molar-refractivity contribution in [1.29, 1.82) is 0 Å². The number of nitrogens with one attached hydrogen (secondary N) is 1. The van der Waals surface area contributed by atoms with Crippen LogP contribution < -0.4 is 5.32 Å². The van der Waals surface area contributed by atoms with Crippen LogP contribution >= 0.6 is 0 Å². The number of amides is 1. The van der Waals surface area contributed by atoms with Crippen LogP contribution in [0.3, 0.4) is 0 Å². The Kier molecular flexibility index (Phi) is 44.3. The molecule has 0 aromatic carbocycles. The molecule has 1 aliphatic rings. The maximum atomic E-state index is 13.2. The Morgan fingerprint density at radius 1 is 0.500 bits per heavy atom. The molecule has 11 heteroatoms. The van der Waals surface area contributed by atoms with Gasteiger partial charge in [-0.05, 0) is 64.2 Å². The molecule has 9 atom stereocenters. The highest BCUT2D eigenvalue weighted by atomic mass is 16.7. The minimum atomic E-state index is -1.67. The van der Waals surface area contributed by atoms with Crippen molar-refractivity contribution in [3.8, 4) is 0 Å². The minimum Gasteiger partial charge on any atom is -0.394 e. The molecule has 0 bridgehead atoms. The van der Waals surface area contributed by atoms with Gasteiger partial charge in [-0.1, -0.05) is 224 Å². The van der Waals surface area contributed by atoms with E-state index in [4.69, 9.17) is 9.47 Å². The van der Waals surface area contributed by atoms with Gasteiger partial charge in [0.2, 0.25) is 5.91 Å². The summed E-state index contributed by atoms with van der Waals surface area (Å²) in [4.78, 5) is 13.2. The second kappa shape index (κ2) is 46.6. The first-order valence-corrected chi connectivity index (χ1v) is 28.7. The molecule has 0 aromatic rings. The van der Waals surface area contributed by atoms with Crippen molar-refractivity contribution in [2.75, 3.05) is 13.2 Å². The second-order valence-electron chi connectivity index (χ2n) is 20.4. The van der Waals surface area contributed by atoms with Gasteiger partial charge in [0.05, 0.1) is 25.4 Å². The van der Waals surface area contributed by atoms with E-state index in [0.717, 1.165) is 38.5 Å². The number of carbonyl (C=O) groups excluding carboxylic acids is 1. The predicted molar refractivity (Wildman–Crippen MR) is 279 cm³/mol. The Morgan fingerprint density at radius 3 is 1.26 bits per heavy atom. The van der Waals surface area contributed by atoms with E-state index >= 15 is 0 Å². The number of hydrogen-bond acceptors (Lipinski definition) is 10. The standard InChI is InChI=1S/C57H109NO10/c1-3-5-7-9-11-13-15-17-19-21-22-23-24-25-26-27-28-29-31-33-35-37-39-41-43-45-50(61)56(66)58-48(47-67-57-55(65)54(64)53(63)51(46-59)68-57)52(62)49(60)44-42-40-38-36-34-32-30-20-18-16-14-12-10-8-6-4-2/h25-26,36,38,48-55,57,59-65H,3-24,27-35,37,39-47H2,1-2H3,(H,58,66)/b26-25-,38-36+. The van der Waals surface area contributed by atoms with E-state index < -0.39 is 74.2 Å². The number of hydrogen-bond donors (Lipinski definition) is 8. The van der Waals surface area contributed by atoms with Gasteiger partial charge in [0.1, 0.15) is 36.6 Å². The molecular formula is C57H109NO10. The van der Waals surface area contributed by atoms with Gasteiger partial charge in [0.15, 0.2) is 6.29 Å². The lowest BCUT2D eigenvalue weighted by atomic mass is 9.98. The fraction of sp³-hybridized carbons (Fsp3) is 0.912. The maximum absolute atomic E-state index is 13.2. The minimum absolute atomic E-state index is 0.253. The van der Waals surface area contributed by atoms with Crippen molar-refractivity contribution in [1.82, 2.24) is 5.32 Å². The van der Waals surface area contributed by atoms with E-state index in [1.807, 2.05) is 0 Å².